The smallest absolute Gasteiger partial charge is 0.342 e. The SMILES string of the molecule is CCOC(=O)C1=C(c2ccc[nH]2)Cc2c(C#N)cccc2C1=O. The van der Waals surface area contributed by atoms with Gasteiger partial charge in [-0.05, 0) is 36.3 Å². The second kappa shape index (κ2) is 5.93. The van der Waals surface area contributed by atoms with E-state index in [2.05, 4.69) is 11.1 Å². The van der Waals surface area contributed by atoms with Crippen molar-refractivity contribution in [3.8, 4) is 6.07 Å². The van der Waals surface area contributed by atoms with Gasteiger partial charge in [-0.1, -0.05) is 12.1 Å². The third kappa shape index (κ3) is 2.44. The summed E-state index contributed by atoms with van der Waals surface area (Å²) in [5.74, 6) is -1.03. The normalized spacial score (nSPS) is 13.5. The summed E-state index contributed by atoms with van der Waals surface area (Å²) in [5, 5.41) is 9.28. The first-order valence-corrected chi connectivity index (χ1v) is 7.28. The van der Waals surface area contributed by atoms with Crippen LogP contribution >= 0.6 is 0 Å². The van der Waals surface area contributed by atoms with Crippen molar-refractivity contribution in [1.29, 1.82) is 5.26 Å². The summed E-state index contributed by atoms with van der Waals surface area (Å²) in [6, 6.07) is 10.7. The predicted molar refractivity (Wildman–Crippen MR) is 83.5 cm³/mol. The number of fused-ring (bicyclic) bond motifs is 1. The van der Waals surface area contributed by atoms with Gasteiger partial charge < -0.3 is 9.72 Å². The van der Waals surface area contributed by atoms with Gasteiger partial charge in [0.1, 0.15) is 5.57 Å². The number of hydrogen-bond acceptors (Lipinski definition) is 4. The minimum Gasteiger partial charge on any atom is -0.462 e. The highest BCUT2D eigenvalue weighted by molar-refractivity contribution is 6.30. The first-order valence-electron chi connectivity index (χ1n) is 7.28. The maximum atomic E-state index is 12.8. The van der Waals surface area contributed by atoms with Gasteiger partial charge in [0.05, 0.1) is 18.2 Å². The average molecular weight is 306 g/mol. The molecule has 0 unspecified atom stereocenters. The molecule has 5 nitrogen and oxygen atoms in total. The number of ether oxygens (including phenoxy) is 1. The molecule has 0 radical (unpaired) electrons. The number of aromatic nitrogens is 1. The van der Waals surface area contributed by atoms with E-state index >= 15 is 0 Å². The van der Waals surface area contributed by atoms with Crippen molar-refractivity contribution in [2.24, 2.45) is 0 Å². The highest BCUT2D eigenvalue weighted by Gasteiger charge is 2.33. The molecule has 114 valence electrons. The number of Topliss-reactive ketones (excluding diaryl/α,β-unsaturated/α-hetero) is 1. The minimum absolute atomic E-state index is 0.0388. The van der Waals surface area contributed by atoms with Gasteiger partial charge in [-0.15, -0.1) is 0 Å². The number of nitrogens with one attached hydrogen (secondary N) is 1. The average Bonchev–Trinajstić information content (AvgIpc) is 3.08. The largest absolute Gasteiger partial charge is 0.462 e. The summed E-state index contributed by atoms with van der Waals surface area (Å²) in [4.78, 5) is 28.1. The molecule has 0 bridgehead atoms. The summed E-state index contributed by atoms with van der Waals surface area (Å²) in [5.41, 5.74) is 2.77. The van der Waals surface area contributed by atoms with Crippen LogP contribution in [0.3, 0.4) is 0 Å². The number of ketones is 1. The summed E-state index contributed by atoms with van der Waals surface area (Å²) in [6.45, 7) is 1.89. The molecule has 1 N–H and O–H groups in total. The fourth-order valence-electron chi connectivity index (χ4n) is 2.80. The van der Waals surface area contributed by atoms with Crippen LogP contribution in [-0.2, 0) is 16.0 Å². The molecule has 1 aliphatic carbocycles. The summed E-state index contributed by atoms with van der Waals surface area (Å²) in [6.07, 6.45) is 2.06. The number of carbonyl (C=O) groups is 2. The van der Waals surface area contributed by atoms with Crippen LogP contribution in [0.5, 0.6) is 0 Å². The number of esters is 1. The van der Waals surface area contributed by atoms with E-state index in [0.717, 1.165) is 0 Å². The van der Waals surface area contributed by atoms with Crippen LogP contribution in [0.15, 0.2) is 42.1 Å². The molecule has 0 atom stereocenters. The second-order valence-corrected chi connectivity index (χ2v) is 5.11. The zero-order chi connectivity index (χ0) is 16.4. The van der Waals surface area contributed by atoms with Crippen LogP contribution in [-0.4, -0.2) is 23.3 Å². The summed E-state index contributed by atoms with van der Waals surface area (Å²) in [7, 11) is 0. The van der Waals surface area contributed by atoms with Crippen LogP contribution in [0.2, 0.25) is 0 Å². The quantitative estimate of drug-likeness (QED) is 0.698. The lowest BCUT2D eigenvalue weighted by molar-refractivity contribution is -0.138. The minimum atomic E-state index is -0.630. The van der Waals surface area contributed by atoms with E-state index in [1.165, 1.54) is 0 Å². The number of nitrogens with zero attached hydrogens (tertiary/aromatic N) is 1. The van der Waals surface area contributed by atoms with Crippen LogP contribution < -0.4 is 0 Å². The Morgan fingerprint density at radius 1 is 1.35 bits per heavy atom. The lowest BCUT2D eigenvalue weighted by Crippen LogP contribution is -2.24. The number of rotatable bonds is 3. The highest BCUT2D eigenvalue weighted by atomic mass is 16.5. The number of aromatic amines is 1. The number of carbonyl (C=O) groups excluding carboxylic acids is 2. The van der Waals surface area contributed by atoms with Crippen molar-refractivity contribution in [2.45, 2.75) is 13.3 Å². The molecule has 0 saturated carbocycles. The Hall–Kier alpha value is -3.13. The standard InChI is InChI=1S/C18H14N2O3/c1-2-23-18(22)16-14(15-7-4-8-20-15)9-13-11(10-19)5-3-6-12(13)17(16)21/h3-8,20H,2,9H2,1H3. The maximum absolute atomic E-state index is 12.8. The van der Waals surface area contributed by atoms with Gasteiger partial charge in [0.15, 0.2) is 0 Å². The van der Waals surface area contributed by atoms with E-state index in [1.54, 1.807) is 43.5 Å². The van der Waals surface area contributed by atoms with Gasteiger partial charge >= 0.3 is 5.97 Å². The van der Waals surface area contributed by atoms with Gasteiger partial charge in [0.25, 0.3) is 0 Å². The van der Waals surface area contributed by atoms with Gasteiger partial charge in [-0.3, -0.25) is 4.79 Å². The van der Waals surface area contributed by atoms with Gasteiger partial charge in [0.2, 0.25) is 5.78 Å². The lowest BCUT2D eigenvalue weighted by Gasteiger charge is -2.21. The van der Waals surface area contributed by atoms with E-state index in [9.17, 15) is 14.9 Å². The van der Waals surface area contributed by atoms with Crippen molar-refractivity contribution in [3.63, 3.8) is 0 Å². The number of allylic oxidation sites excluding steroid dienone is 1. The van der Waals surface area contributed by atoms with E-state index in [4.69, 9.17) is 4.74 Å². The molecular weight excluding hydrogens is 292 g/mol. The molecule has 1 aromatic heterocycles. The molecule has 1 heterocycles. The van der Waals surface area contributed by atoms with Gasteiger partial charge in [-0.25, -0.2) is 4.79 Å². The van der Waals surface area contributed by atoms with Crippen molar-refractivity contribution < 1.29 is 14.3 Å². The number of benzene rings is 1. The van der Waals surface area contributed by atoms with Crippen molar-refractivity contribution in [3.05, 3.63) is 64.5 Å². The first kappa shape index (κ1) is 14.8. The molecule has 2 aromatic rings. The van der Waals surface area contributed by atoms with Crippen molar-refractivity contribution >= 4 is 17.3 Å². The third-order valence-electron chi connectivity index (χ3n) is 3.83. The van der Waals surface area contributed by atoms with Crippen LogP contribution in [0.25, 0.3) is 5.57 Å². The van der Waals surface area contributed by atoms with Crippen molar-refractivity contribution in [1.82, 2.24) is 4.98 Å². The number of nitriles is 1. The molecule has 3 rings (SSSR count). The molecule has 0 saturated heterocycles. The molecule has 0 fully saturated rings. The predicted octanol–water partition coefficient (Wildman–Crippen LogP) is 2.64. The lowest BCUT2D eigenvalue weighted by atomic mass is 9.81. The Labute approximate surface area is 133 Å². The van der Waals surface area contributed by atoms with Crippen LogP contribution in [0, 0.1) is 11.3 Å². The molecule has 1 aromatic carbocycles. The van der Waals surface area contributed by atoms with Gasteiger partial charge in [0, 0.05) is 23.9 Å². The van der Waals surface area contributed by atoms with Gasteiger partial charge in [-0.2, -0.15) is 5.26 Å². The zero-order valence-corrected chi connectivity index (χ0v) is 12.6. The van der Waals surface area contributed by atoms with E-state index < -0.39 is 11.8 Å². The summed E-state index contributed by atoms with van der Waals surface area (Å²) < 4.78 is 5.06. The van der Waals surface area contributed by atoms with E-state index in [1.807, 2.05) is 0 Å². The summed E-state index contributed by atoms with van der Waals surface area (Å²) >= 11 is 0. The highest BCUT2D eigenvalue weighted by Crippen LogP contribution is 2.34. The zero-order valence-electron chi connectivity index (χ0n) is 12.6. The fourth-order valence-corrected chi connectivity index (χ4v) is 2.80. The van der Waals surface area contributed by atoms with E-state index in [0.29, 0.717) is 34.4 Å². The molecule has 5 heteroatoms. The Morgan fingerprint density at radius 2 is 2.17 bits per heavy atom. The Bertz CT molecular complexity index is 855. The molecule has 23 heavy (non-hydrogen) atoms. The molecule has 0 aliphatic heterocycles. The fraction of sp³-hybridized carbons (Fsp3) is 0.167. The number of hydrogen-bond donors (Lipinski definition) is 1. The topological polar surface area (TPSA) is 82.9 Å². The van der Waals surface area contributed by atoms with Crippen LogP contribution in [0.1, 0.15) is 34.1 Å². The van der Waals surface area contributed by atoms with Crippen LogP contribution in [0.4, 0.5) is 0 Å². The third-order valence-corrected chi connectivity index (χ3v) is 3.83. The molecule has 1 aliphatic rings. The Morgan fingerprint density at radius 3 is 2.83 bits per heavy atom. The van der Waals surface area contributed by atoms with E-state index in [-0.39, 0.29) is 12.2 Å². The van der Waals surface area contributed by atoms with Crippen molar-refractivity contribution in [2.75, 3.05) is 6.61 Å². The monoisotopic (exact) mass is 306 g/mol. The maximum Gasteiger partial charge on any atom is 0.342 e. The Balaban J connectivity index is 2.21. The first-order chi connectivity index (χ1) is 11.2. The number of H-pyrrole nitrogens is 1. The molecule has 0 spiro atoms. The molecular formula is C18H14N2O3. The Kier molecular flexibility index (Phi) is 3.82. The second-order valence-electron chi connectivity index (χ2n) is 5.11. The molecule has 0 amide bonds.